The zero-order valence-corrected chi connectivity index (χ0v) is 13.7. The van der Waals surface area contributed by atoms with E-state index in [0.717, 1.165) is 10.9 Å². The normalized spacial score (nSPS) is 10.6. The Morgan fingerprint density at radius 1 is 1.04 bits per heavy atom. The van der Waals surface area contributed by atoms with E-state index in [-0.39, 0.29) is 25.0 Å². The van der Waals surface area contributed by atoms with Gasteiger partial charge in [-0.05, 0) is 24.3 Å². The summed E-state index contributed by atoms with van der Waals surface area (Å²) in [5.41, 5.74) is 2.08. The summed E-state index contributed by atoms with van der Waals surface area (Å²) in [6.45, 7) is 0.0801. The van der Waals surface area contributed by atoms with Gasteiger partial charge in [0, 0.05) is 23.9 Å². The zero-order valence-electron chi connectivity index (χ0n) is 13.7. The molecular weight excluding hydrogens is 320 g/mol. The van der Waals surface area contributed by atoms with Crippen molar-refractivity contribution in [1.29, 1.82) is 0 Å². The molecule has 7 heteroatoms. The van der Waals surface area contributed by atoms with Crippen molar-refractivity contribution in [1.82, 2.24) is 9.78 Å². The van der Waals surface area contributed by atoms with Crippen molar-refractivity contribution in [2.75, 3.05) is 24.4 Å². The molecule has 0 aliphatic heterocycles. The van der Waals surface area contributed by atoms with E-state index in [1.165, 1.54) is 7.11 Å². The number of para-hydroxylation sites is 1. The number of fused-ring (bicyclic) bond motifs is 1. The number of rotatable bonds is 6. The Labute approximate surface area is 144 Å². The fraction of sp³-hybridized carbons (Fsp3) is 0.167. The topological polar surface area (TPSA) is 85.3 Å². The average molecular weight is 338 g/mol. The highest BCUT2D eigenvalue weighted by Crippen LogP contribution is 2.16. The fourth-order valence-electron chi connectivity index (χ4n) is 2.49. The number of ether oxygens (including phenoxy) is 1. The summed E-state index contributed by atoms with van der Waals surface area (Å²) in [5.74, 6) is -0.455. The van der Waals surface area contributed by atoms with Crippen LogP contribution in [0.15, 0.2) is 54.7 Å². The molecule has 2 aromatic carbocycles. The van der Waals surface area contributed by atoms with Crippen LogP contribution in [0.3, 0.4) is 0 Å². The van der Waals surface area contributed by atoms with Gasteiger partial charge in [0.15, 0.2) is 0 Å². The van der Waals surface area contributed by atoms with E-state index in [1.54, 1.807) is 35.1 Å². The van der Waals surface area contributed by atoms with E-state index in [2.05, 4.69) is 15.7 Å². The van der Waals surface area contributed by atoms with E-state index >= 15 is 0 Å². The molecule has 2 N–H and O–H groups in total. The van der Waals surface area contributed by atoms with Gasteiger partial charge in [-0.1, -0.05) is 24.3 Å². The number of nitrogens with one attached hydrogen (secondary N) is 2. The van der Waals surface area contributed by atoms with Gasteiger partial charge in [0.1, 0.15) is 13.2 Å². The second-order valence-corrected chi connectivity index (χ2v) is 5.47. The predicted molar refractivity (Wildman–Crippen MR) is 95.3 cm³/mol. The standard InChI is InChI=1S/C18H18N4O3/c1-25-12-18(24)21-15-7-4-6-14(9-15)20-17(23)11-22-16-8-3-2-5-13(16)10-19-22/h2-10H,11-12H2,1H3,(H,20,23)(H,21,24). The molecule has 0 spiro atoms. The zero-order chi connectivity index (χ0) is 17.6. The highest BCUT2D eigenvalue weighted by atomic mass is 16.5. The number of nitrogens with zero attached hydrogens (tertiary/aromatic N) is 2. The summed E-state index contributed by atoms with van der Waals surface area (Å²) in [7, 11) is 1.45. The third-order valence-corrected chi connectivity index (χ3v) is 3.55. The molecule has 1 heterocycles. The van der Waals surface area contributed by atoms with Crippen LogP contribution in [0.4, 0.5) is 11.4 Å². The van der Waals surface area contributed by atoms with Gasteiger partial charge in [-0.2, -0.15) is 5.10 Å². The van der Waals surface area contributed by atoms with Gasteiger partial charge in [-0.15, -0.1) is 0 Å². The molecular formula is C18H18N4O3. The minimum Gasteiger partial charge on any atom is -0.375 e. The minimum absolute atomic E-state index is 0.0248. The smallest absolute Gasteiger partial charge is 0.250 e. The lowest BCUT2D eigenvalue weighted by Crippen LogP contribution is -2.20. The van der Waals surface area contributed by atoms with Gasteiger partial charge in [0.25, 0.3) is 0 Å². The first kappa shape index (κ1) is 16.7. The van der Waals surface area contributed by atoms with E-state index < -0.39 is 0 Å². The molecule has 0 bridgehead atoms. The molecule has 7 nitrogen and oxygen atoms in total. The second kappa shape index (κ2) is 7.59. The molecule has 0 saturated heterocycles. The van der Waals surface area contributed by atoms with Gasteiger partial charge in [-0.3, -0.25) is 14.3 Å². The highest BCUT2D eigenvalue weighted by Gasteiger charge is 2.08. The van der Waals surface area contributed by atoms with Crippen molar-refractivity contribution in [3.05, 3.63) is 54.7 Å². The molecule has 0 atom stereocenters. The number of benzene rings is 2. The Kier molecular flexibility index (Phi) is 5.06. The van der Waals surface area contributed by atoms with Gasteiger partial charge >= 0.3 is 0 Å². The first-order chi connectivity index (χ1) is 12.2. The maximum absolute atomic E-state index is 12.3. The van der Waals surface area contributed by atoms with E-state index in [1.807, 2.05) is 24.3 Å². The molecule has 0 fully saturated rings. The summed E-state index contributed by atoms with van der Waals surface area (Å²) in [4.78, 5) is 23.8. The number of carbonyl (C=O) groups is 2. The molecule has 1 aromatic heterocycles. The number of anilines is 2. The number of aromatic nitrogens is 2. The predicted octanol–water partition coefficient (Wildman–Crippen LogP) is 2.26. The van der Waals surface area contributed by atoms with E-state index in [9.17, 15) is 9.59 Å². The third-order valence-electron chi connectivity index (χ3n) is 3.55. The van der Waals surface area contributed by atoms with Crippen LogP contribution in [0, 0.1) is 0 Å². The van der Waals surface area contributed by atoms with Crippen LogP contribution >= 0.6 is 0 Å². The third kappa shape index (κ3) is 4.21. The Hall–Kier alpha value is -3.19. The van der Waals surface area contributed by atoms with Crippen LogP contribution in [0.2, 0.25) is 0 Å². The molecule has 25 heavy (non-hydrogen) atoms. The lowest BCUT2D eigenvalue weighted by Gasteiger charge is -2.09. The lowest BCUT2D eigenvalue weighted by molar-refractivity contribution is -0.119. The quantitative estimate of drug-likeness (QED) is 0.722. The summed E-state index contributed by atoms with van der Waals surface area (Å²) in [5, 5.41) is 10.7. The van der Waals surface area contributed by atoms with Crippen molar-refractivity contribution in [3.8, 4) is 0 Å². The Bertz CT molecular complexity index is 904. The number of hydrogen-bond acceptors (Lipinski definition) is 4. The SMILES string of the molecule is COCC(=O)Nc1cccc(NC(=O)Cn2ncc3ccccc32)c1. The van der Waals surface area contributed by atoms with Crippen molar-refractivity contribution >= 4 is 34.1 Å². The maximum atomic E-state index is 12.3. The Balaban J connectivity index is 1.66. The van der Waals surface area contributed by atoms with Gasteiger partial charge in [0.05, 0.1) is 11.7 Å². The molecule has 3 rings (SSSR count). The maximum Gasteiger partial charge on any atom is 0.250 e. The van der Waals surface area contributed by atoms with Crippen molar-refractivity contribution < 1.29 is 14.3 Å². The Morgan fingerprint density at radius 2 is 1.76 bits per heavy atom. The van der Waals surface area contributed by atoms with Crippen LogP contribution in [0.5, 0.6) is 0 Å². The van der Waals surface area contributed by atoms with Crippen LogP contribution < -0.4 is 10.6 Å². The van der Waals surface area contributed by atoms with Gasteiger partial charge in [-0.25, -0.2) is 0 Å². The summed E-state index contributed by atoms with van der Waals surface area (Å²) in [6, 6.07) is 14.6. The fourth-order valence-corrected chi connectivity index (χ4v) is 2.49. The monoisotopic (exact) mass is 338 g/mol. The molecule has 3 aromatic rings. The second-order valence-electron chi connectivity index (χ2n) is 5.47. The largest absolute Gasteiger partial charge is 0.375 e. The average Bonchev–Trinajstić information content (AvgIpc) is 2.98. The molecule has 0 aliphatic rings. The molecule has 2 amide bonds. The number of hydrogen-bond donors (Lipinski definition) is 2. The minimum atomic E-state index is -0.256. The number of methoxy groups -OCH3 is 1. The van der Waals surface area contributed by atoms with E-state index in [0.29, 0.717) is 11.4 Å². The first-order valence-electron chi connectivity index (χ1n) is 7.75. The molecule has 0 radical (unpaired) electrons. The highest BCUT2D eigenvalue weighted by molar-refractivity contribution is 5.94. The summed E-state index contributed by atoms with van der Waals surface area (Å²) < 4.78 is 6.42. The lowest BCUT2D eigenvalue weighted by atomic mass is 10.2. The number of amides is 2. The molecule has 0 aliphatic carbocycles. The van der Waals surface area contributed by atoms with Gasteiger partial charge in [0.2, 0.25) is 11.8 Å². The first-order valence-corrected chi connectivity index (χ1v) is 7.75. The van der Waals surface area contributed by atoms with Crippen molar-refractivity contribution in [3.63, 3.8) is 0 Å². The van der Waals surface area contributed by atoms with Crippen molar-refractivity contribution in [2.24, 2.45) is 0 Å². The van der Waals surface area contributed by atoms with Crippen molar-refractivity contribution in [2.45, 2.75) is 6.54 Å². The van der Waals surface area contributed by atoms with Crippen LogP contribution in [-0.2, 0) is 20.9 Å². The summed E-state index contributed by atoms with van der Waals surface area (Å²) in [6.07, 6.45) is 1.73. The van der Waals surface area contributed by atoms with Gasteiger partial charge < -0.3 is 15.4 Å². The molecule has 0 saturated carbocycles. The van der Waals surface area contributed by atoms with Crippen LogP contribution in [0.25, 0.3) is 10.9 Å². The van der Waals surface area contributed by atoms with Crippen LogP contribution in [0.1, 0.15) is 0 Å². The Morgan fingerprint density at radius 3 is 2.52 bits per heavy atom. The molecule has 128 valence electrons. The van der Waals surface area contributed by atoms with Crippen LogP contribution in [-0.4, -0.2) is 35.3 Å². The summed E-state index contributed by atoms with van der Waals surface area (Å²) >= 11 is 0. The van der Waals surface area contributed by atoms with E-state index in [4.69, 9.17) is 4.74 Å². The number of carbonyl (C=O) groups excluding carboxylic acids is 2. The molecule has 0 unspecified atom stereocenters.